The molecule has 1 aromatic heterocycles. The third kappa shape index (κ3) is 5.03. The lowest BCUT2D eigenvalue weighted by atomic mass is 10.3. The summed E-state index contributed by atoms with van der Waals surface area (Å²) in [4.78, 5) is 30.8. The van der Waals surface area contributed by atoms with Crippen molar-refractivity contribution in [2.75, 3.05) is 25.2 Å². The van der Waals surface area contributed by atoms with Crippen molar-refractivity contribution in [2.45, 2.75) is 20.0 Å². The van der Waals surface area contributed by atoms with Crippen molar-refractivity contribution >= 4 is 38.6 Å². The average Bonchev–Trinajstić information content (AvgIpc) is 3.16. The third-order valence-corrected chi connectivity index (χ3v) is 5.23. The number of thiazole rings is 1. The zero-order valence-electron chi connectivity index (χ0n) is 16.5. The number of nitrogens with zero attached hydrogens (tertiary/aromatic N) is 2. The van der Waals surface area contributed by atoms with Gasteiger partial charge in [0.2, 0.25) is 0 Å². The van der Waals surface area contributed by atoms with Crippen LogP contribution in [0, 0.1) is 0 Å². The van der Waals surface area contributed by atoms with Crippen LogP contribution in [0.5, 0.6) is 11.5 Å². The fraction of sp³-hybridized carbons (Fsp3) is 0.286. The number of rotatable bonds is 8. The summed E-state index contributed by atoms with van der Waals surface area (Å²) in [7, 11) is 1.57. The number of hydrogen-bond acceptors (Lipinski definition) is 7. The lowest BCUT2D eigenvalue weighted by Gasteiger charge is -2.18. The highest BCUT2D eigenvalue weighted by Gasteiger charge is 2.22. The van der Waals surface area contributed by atoms with E-state index in [1.54, 1.807) is 38.3 Å². The smallest absolute Gasteiger partial charge is 0.347 e. The van der Waals surface area contributed by atoms with Gasteiger partial charge in [0.25, 0.3) is 5.91 Å². The van der Waals surface area contributed by atoms with Crippen molar-refractivity contribution in [1.29, 1.82) is 0 Å². The maximum Gasteiger partial charge on any atom is 0.347 e. The van der Waals surface area contributed by atoms with Crippen LogP contribution in [0.25, 0.3) is 10.2 Å². The Balaban J connectivity index is 1.56. The van der Waals surface area contributed by atoms with E-state index in [9.17, 15) is 9.59 Å². The van der Waals surface area contributed by atoms with E-state index >= 15 is 0 Å². The largest absolute Gasteiger partial charge is 0.497 e. The zero-order valence-corrected chi connectivity index (χ0v) is 17.3. The van der Waals surface area contributed by atoms with Crippen molar-refractivity contribution in [3.8, 4) is 11.5 Å². The van der Waals surface area contributed by atoms with E-state index in [0.29, 0.717) is 23.2 Å². The van der Waals surface area contributed by atoms with E-state index in [1.165, 1.54) is 16.2 Å². The van der Waals surface area contributed by atoms with Crippen molar-refractivity contribution in [3.05, 3.63) is 48.5 Å². The predicted octanol–water partition coefficient (Wildman–Crippen LogP) is 3.67. The minimum Gasteiger partial charge on any atom is -0.497 e. The molecule has 8 heteroatoms. The quantitative estimate of drug-likeness (QED) is 0.524. The number of likely N-dealkylation sites (N-methyl/N-ethyl adjacent to an activating group) is 1. The number of methoxy groups -OCH3 is 1. The molecule has 7 nitrogen and oxygen atoms in total. The number of hydrogen-bond donors (Lipinski definition) is 0. The van der Waals surface area contributed by atoms with Crippen molar-refractivity contribution in [2.24, 2.45) is 0 Å². The van der Waals surface area contributed by atoms with Gasteiger partial charge in [-0.2, -0.15) is 0 Å². The van der Waals surface area contributed by atoms with Crippen molar-refractivity contribution in [1.82, 2.24) is 4.98 Å². The average molecular weight is 414 g/mol. The molecule has 152 valence electrons. The lowest BCUT2D eigenvalue weighted by Crippen LogP contribution is -2.36. The minimum absolute atomic E-state index is 0.337. The van der Waals surface area contributed by atoms with Crippen molar-refractivity contribution < 1.29 is 23.8 Å². The highest BCUT2D eigenvalue weighted by molar-refractivity contribution is 7.22. The van der Waals surface area contributed by atoms with Crippen LogP contribution in [-0.4, -0.2) is 43.2 Å². The molecule has 0 saturated heterocycles. The molecule has 0 fully saturated rings. The Morgan fingerprint density at radius 1 is 1.10 bits per heavy atom. The molecule has 3 aromatic rings. The van der Waals surface area contributed by atoms with Crippen LogP contribution in [0.3, 0.4) is 0 Å². The maximum atomic E-state index is 12.6. The summed E-state index contributed by atoms with van der Waals surface area (Å²) < 4.78 is 16.8. The molecule has 0 radical (unpaired) electrons. The summed E-state index contributed by atoms with van der Waals surface area (Å²) in [5.41, 5.74) is 0.831. The molecular weight excluding hydrogens is 392 g/mol. The molecule has 0 N–H and O–H groups in total. The van der Waals surface area contributed by atoms with Crippen LogP contribution >= 0.6 is 11.3 Å². The molecule has 1 unspecified atom stereocenters. The Hall–Kier alpha value is -3.13. The first-order valence-electron chi connectivity index (χ1n) is 9.15. The van der Waals surface area contributed by atoms with Gasteiger partial charge in [-0.1, -0.05) is 23.5 Å². The summed E-state index contributed by atoms with van der Waals surface area (Å²) in [5.74, 6) is 0.241. The number of benzene rings is 2. The number of aromatic nitrogens is 1. The van der Waals surface area contributed by atoms with Crippen LogP contribution in [0.15, 0.2) is 48.5 Å². The molecule has 0 aliphatic carbocycles. The number of anilines is 1. The molecule has 0 saturated carbocycles. The second-order valence-electron chi connectivity index (χ2n) is 6.15. The number of amides is 1. The molecule has 29 heavy (non-hydrogen) atoms. The molecule has 1 amide bonds. The van der Waals surface area contributed by atoms with Crippen molar-refractivity contribution in [3.63, 3.8) is 0 Å². The summed E-state index contributed by atoms with van der Waals surface area (Å²) >= 11 is 1.42. The molecule has 1 atom stereocenters. The molecule has 2 aromatic carbocycles. The molecule has 1 heterocycles. The Kier molecular flexibility index (Phi) is 6.66. The van der Waals surface area contributed by atoms with E-state index in [2.05, 4.69) is 4.98 Å². The second kappa shape index (κ2) is 9.38. The first-order chi connectivity index (χ1) is 14.0. The first kappa shape index (κ1) is 20.6. The molecular formula is C21H22N2O5S. The second-order valence-corrected chi connectivity index (χ2v) is 7.15. The highest BCUT2D eigenvalue weighted by Crippen LogP contribution is 2.28. The van der Waals surface area contributed by atoms with Gasteiger partial charge in [-0.25, -0.2) is 9.78 Å². The predicted molar refractivity (Wildman–Crippen MR) is 112 cm³/mol. The standard InChI is InChI=1S/C21H22N2O5S/c1-4-23(21-22-17-7-5-6-8-18(17)29-21)19(24)13-27-20(25)14(2)28-16-11-9-15(26-3)10-12-16/h5-12,14H,4,13H2,1-3H3. The molecule has 0 bridgehead atoms. The number of fused-ring (bicyclic) bond motifs is 1. The van der Waals surface area contributed by atoms with E-state index < -0.39 is 12.1 Å². The van der Waals surface area contributed by atoms with E-state index in [-0.39, 0.29) is 12.5 Å². The Bertz CT molecular complexity index is 953. The van der Waals surface area contributed by atoms with Gasteiger partial charge < -0.3 is 14.2 Å². The number of esters is 1. The zero-order chi connectivity index (χ0) is 20.8. The minimum atomic E-state index is -0.853. The van der Waals surface area contributed by atoms with Gasteiger partial charge in [-0.3, -0.25) is 9.69 Å². The molecule has 0 aliphatic heterocycles. The van der Waals surface area contributed by atoms with Gasteiger partial charge >= 0.3 is 5.97 Å². The fourth-order valence-electron chi connectivity index (χ4n) is 2.63. The Morgan fingerprint density at radius 3 is 2.45 bits per heavy atom. The monoisotopic (exact) mass is 414 g/mol. The summed E-state index contributed by atoms with van der Waals surface area (Å²) in [6.07, 6.45) is -0.853. The topological polar surface area (TPSA) is 78.0 Å². The normalized spacial score (nSPS) is 11.7. The molecule has 0 spiro atoms. The molecule has 3 rings (SSSR count). The Morgan fingerprint density at radius 2 is 1.79 bits per heavy atom. The first-order valence-corrected chi connectivity index (χ1v) is 9.96. The van der Waals surface area contributed by atoms with Crippen LogP contribution in [0.4, 0.5) is 5.13 Å². The highest BCUT2D eigenvalue weighted by atomic mass is 32.1. The Labute approximate surface area is 172 Å². The van der Waals surface area contributed by atoms with Gasteiger partial charge in [0.15, 0.2) is 17.8 Å². The SMILES string of the molecule is CCN(C(=O)COC(=O)C(C)Oc1ccc(OC)cc1)c1nc2ccccc2s1. The number of carbonyl (C=O) groups is 2. The van der Waals surface area contributed by atoms with Gasteiger partial charge in [0.05, 0.1) is 17.3 Å². The maximum absolute atomic E-state index is 12.6. The number of carbonyl (C=O) groups excluding carboxylic acids is 2. The fourth-order valence-corrected chi connectivity index (χ4v) is 3.68. The van der Waals surface area contributed by atoms with Crippen LogP contribution in [0.2, 0.25) is 0 Å². The van der Waals surface area contributed by atoms with Crippen LogP contribution < -0.4 is 14.4 Å². The summed E-state index contributed by atoms with van der Waals surface area (Å²) in [6.45, 7) is 3.47. The summed E-state index contributed by atoms with van der Waals surface area (Å²) in [6, 6.07) is 14.5. The van der Waals surface area contributed by atoms with Crippen LogP contribution in [0.1, 0.15) is 13.8 Å². The van der Waals surface area contributed by atoms with Gasteiger partial charge in [0.1, 0.15) is 11.5 Å². The van der Waals surface area contributed by atoms with E-state index in [1.807, 2.05) is 31.2 Å². The van der Waals surface area contributed by atoms with Crippen LogP contribution in [-0.2, 0) is 14.3 Å². The molecule has 0 aliphatic rings. The van der Waals surface area contributed by atoms with E-state index in [0.717, 1.165) is 10.2 Å². The van der Waals surface area contributed by atoms with Gasteiger partial charge in [0, 0.05) is 6.54 Å². The number of para-hydroxylation sites is 1. The third-order valence-electron chi connectivity index (χ3n) is 4.17. The van der Waals surface area contributed by atoms with Gasteiger partial charge in [-0.15, -0.1) is 0 Å². The number of ether oxygens (including phenoxy) is 3. The summed E-state index contributed by atoms with van der Waals surface area (Å²) in [5, 5.41) is 0.581. The van der Waals surface area contributed by atoms with Gasteiger partial charge in [-0.05, 0) is 50.2 Å². The lowest BCUT2D eigenvalue weighted by molar-refractivity contribution is -0.154. The van der Waals surface area contributed by atoms with E-state index in [4.69, 9.17) is 14.2 Å².